The Kier molecular flexibility index (Phi) is 3.91. The van der Waals surface area contributed by atoms with Gasteiger partial charge in [0.1, 0.15) is 5.02 Å². The van der Waals surface area contributed by atoms with Crippen LogP contribution in [0.3, 0.4) is 0 Å². The van der Waals surface area contributed by atoms with Crippen LogP contribution in [-0.4, -0.2) is 22.8 Å². The molecule has 5 nitrogen and oxygen atoms in total. The fourth-order valence-corrected chi connectivity index (χ4v) is 1.18. The average molecular weight is 217 g/mol. The van der Waals surface area contributed by atoms with E-state index in [-0.39, 0.29) is 11.1 Å². The summed E-state index contributed by atoms with van der Waals surface area (Å²) >= 11 is 5.76. The van der Waals surface area contributed by atoms with Crippen molar-refractivity contribution in [3.63, 3.8) is 0 Å². The molecule has 14 heavy (non-hydrogen) atoms. The zero-order valence-electron chi connectivity index (χ0n) is 7.88. The molecule has 4 N–H and O–H groups in total. The van der Waals surface area contributed by atoms with Gasteiger partial charge in [-0.3, -0.25) is 4.79 Å². The van der Waals surface area contributed by atoms with Crippen LogP contribution >= 0.6 is 11.6 Å². The van der Waals surface area contributed by atoms with Crippen molar-refractivity contribution in [2.75, 3.05) is 11.9 Å². The second-order valence-corrected chi connectivity index (χ2v) is 3.29. The molecule has 6 heteroatoms. The SMILES string of the molecule is CCC(CN)Nc1cn[nH]c(=O)c1Cl. The van der Waals surface area contributed by atoms with E-state index in [0.717, 1.165) is 6.42 Å². The fraction of sp³-hybridized carbons (Fsp3) is 0.500. The first kappa shape index (κ1) is 11.0. The summed E-state index contributed by atoms with van der Waals surface area (Å²) in [6.45, 7) is 2.48. The highest BCUT2D eigenvalue weighted by atomic mass is 35.5. The predicted octanol–water partition coefficient (Wildman–Crippen LogP) is 0.573. The number of aromatic amines is 1. The molecule has 1 aromatic rings. The van der Waals surface area contributed by atoms with E-state index in [1.54, 1.807) is 0 Å². The van der Waals surface area contributed by atoms with Crippen molar-refractivity contribution in [3.8, 4) is 0 Å². The second-order valence-electron chi connectivity index (χ2n) is 2.91. The average Bonchev–Trinajstić information content (AvgIpc) is 2.20. The smallest absolute Gasteiger partial charge is 0.285 e. The fourth-order valence-electron chi connectivity index (χ4n) is 1.03. The van der Waals surface area contributed by atoms with Gasteiger partial charge in [-0.2, -0.15) is 5.10 Å². The highest BCUT2D eigenvalue weighted by molar-refractivity contribution is 6.32. The highest BCUT2D eigenvalue weighted by Gasteiger charge is 2.08. The molecule has 1 aromatic heterocycles. The van der Waals surface area contributed by atoms with Gasteiger partial charge in [0, 0.05) is 12.6 Å². The summed E-state index contributed by atoms with van der Waals surface area (Å²) in [5.41, 5.74) is 5.63. The van der Waals surface area contributed by atoms with Crippen LogP contribution in [0.15, 0.2) is 11.0 Å². The van der Waals surface area contributed by atoms with Gasteiger partial charge in [0.05, 0.1) is 11.9 Å². The number of halogens is 1. The molecule has 0 aromatic carbocycles. The quantitative estimate of drug-likeness (QED) is 0.687. The number of nitrogens with two attached hydrogens (primary N) is 1. The molecule has 1 atom stereocenters. The zero-order chi connectivity index (χ0) is 10.6. The minimum Gasteiger partial charge on any atom is -0.378 e. The lowest BCUT2D eigenvalue weighted by atomic mass is 10.2. The summed E-state index contributed by atoms with van der Waals surface area (Å²) < 4.78 is 0. The number of aromatic nitrogens is 2. The van der Waals surface area contributed by atoms with Crippen LogP contribution in [0.4, 0.5) is 5.69 Å². The number of rotatable bonds is 4. The maximum Gasteiger partial charge on any atom is 0.285 e. The third-order valence-corrected chi connectivity index (χ3v) is 2.31. The molecular weight excluding hydrogens is 204 g/mol. The third-order valence-electron chi connectivity index (χ3n) is 1.93. The van der Waals surface area contributed by atoms with E-state index < -0.39 is 5.56 Å². The molecule has 0 fully saturated rings. The van der Waals surface area contributed by atoms with Gasteiger partial charge >= 0.3 is 0 Å². The van der Waals surface area contributed by atoms with Crippen LogP contribution in [0, 0.1) is 0 Å². The number of nitrogens with one attached hydrogen (secondary N) is 2. The van der Waals surface area contributed by atoms with Crippen molar-refractivity contribution in [1.29, 1.82) is 0 Å². The van der Waals surface area contributed by atoms with Gasteiger partial charge in [0.25, 0.3) is 5.56 Å². The van der Waals surface area contributed by atoms with E-state index in [1.807, 2.05) is 6.92 Å². The van der Waals surface area contributed by atoms with Gasteiger partial charge in [-0.15, -0.1) is 0 Å². The van der Waals surface area contributed by atoms with E-state index >= 15 is 0 Å². The Morgan fingerprint density at radius 1 is 1.79 bits per heavy atom. The van der Waals surface area contributed by atoms with Gasteiger partial charge in [0.2, 0.25) is 0 Å². The second kappa shape index (κ2) is 4.97. The molecular formula is C8H13ClN4O. The maximum atomic E-state index is 11.1. The Labute approximate surface area is 86.7 Å². The number of hydrogen-bond acceptors (Lipinski definition) is 4. The third kappa shape index (κ3) is 2.46. The Hall–Kier alpha value is -1.07. The lowest BCUT2D eigenvalue weighted by molar-refractivity contribution is 0.702. The normalized spacial score (nSPS) is 12.5. The van der Waals surface area contributed by atoms with E-state index in [2.05, 4.69) is 15.5 Å². The maximum absolute atomic E-state index is 11.1. The summed E-state index contributed by atoms with van der Waals surface area (Å²) in [6, 6.07) is 0.107. The minimum atomic E-state index is -0.399. The molecule has 1 rings (SSSR count). The van der Waals surface area contributed by atoms with Crippen LogP contribution < -0.4 is 16.6 Å². The number of hydrogen-bond donors (Lipinski definition) is 3. The Morgan fingerprint density at radius 3 is 3.07 bits per heavy atom. The molecule has 0 aliphatic carbocycles. The summed E-state index contributed by atoms with van der Waals surface area (Å²) in [4.78, 5) is 11.1. The Morgan fingerprint density at radius 2 is 2.50 bits per heavy atom. The molecule has 1 unspecified atom stereocenters. The molecule has 0 bridgehead atoms. The highest BCUT2D eigenvalue weighted by Crippen LogP contribution is 2.15. The first-order valence-corrected chi connectivity index (χ1v) is 4.76. The van der Waals surface area contributed by atoms with Crippen molar-refractivity contribution in [1.82, 2.24) is 10.2 Å². The van der Waals surface area contributed by atoms with Crippen LogP contribution in [0.1, 0.15) is 13.3 Å². The van der Waals surface area contributed by atoms with Gasteiger partial charge in [-0.25, -0.2) is 5.10 Å². The van der Waals surface area contributed by atoms with Gasteiger partial charge in [-0.1, -0.05) is 18.5 Å². The first-order valence-electron chi connectivity index (χ1n) is 4.38. The topological polar surface area (TPSA) is 83.8 Å². The molecule has 0 radical (unpaired) electrons. The van der Waals surface area contributed by atoms with Crippen LogP contribution in [0.5, 0.6) is 0 Å². The van der Waals surface area contributed by atoms with Gasteiger partial charge in [0.15, 0.2) is 0 Å². The minimum absolute atomic E-state index is 0.107. The number of anilines is 1. The molecule has 0 aliphatic rings. The monoisotopic (exact) mass is 216 g/mol. The lowest BCUT2D eigenvalue weighted by Crippen LogP contribution is -2.29. The van der Waals surface area contributed by atoms with Gasteiger partial charge in [-0.05, 0) is 6.42 Å². The summed E-state index contributed by atoms with van der Waals surface area (Å²) in [7, 11) is 0. The van der Waals surface area contributed by atoms with E-state index in [9.17, 15) is 4.79 Å². The van der Waals surface area contributed by atoms with Crippen molar-refractivity contribution in [2.45, 2.75) is 19.4 Å². The number of nitrogens with zero attached hydrogens (tertiary/aromatic N) is 1. The van der Waals surface area contributed by atoms with Crippen LogP contribution in [0.2, 0.25) is 5.02 Å². The largest absolute Gasteiger partial charge is 0.378 e. The summed E-state index contributed by atoms with van der Waals surface area (Å²) in [5, 5.41) is 9.05. The predicted molar refractivity (Wildman–Crippen MR) is 56.6 cm³/mol. The van der Waals surface area contributed by atoms with E-state index in [0.29, 0.717) is 12.2 Å². The van der Waals surface area contributed by atoms with Crippen molar-refractivity contribution in [3.05, 3.63) is 21.6 Å². The molecule has 1 heterocycles. The van der Waals surface area contributed by atoms with Crippen molar-refractivity contribution in [2.24, 2.45) is 5.73 Å². The molecule has 0 saturated heterocycles. The van der Waals surface area contributed by atoms with Crippen LogP contribution in [0.25, 0.3) is 0 Å². The van der Waals surface area contributed by atoms with Crippen LogP contribution in [-0.2, 0) is 0 Å². The number of H-pyrrole nitrogens is 1. The Balaban J connectivity index is 2.86. The zero-order valence-corrected chi connectivity index (χ0v) is 8.64. The standard InChI is InChI=1S/C8H13ClN4O/c1-2-5(3-10)12-6-4-11-13-8(14)7(6)9/h4-5H,2-3,10H2,1H3,(H2,12,13,14). The molecule has 0 saturated carbocycles. The Bertz CT molecular complexity index is 347. The lowest BCUT2D eigenvalue weighted by Gasteiger charge is -2.15. The van der Waals surface area contributed by atoms with E-state index in [4.69, 9.17) is 17.3 Å². The summed E-state index contributed by atoms with van der Waals surface area (Å²) in [5.74, 6) is 0. The molecule has 0 amide bonds. The molecule has 78 valence electrons. The van der Waals surface area contributed by atoms with Crippen molar-refractivity contribution >= 4 is 17.3 Å². The first-order chi connectivity index (χ1) is 6.69. The molecule has 0 aliphatic heterocycles. The van der Waals surface area contributed by atoms with Gasteiger partial charge < -0.3 is 11.1 Å². The summed E-state index contributed by atoms with van der Waals surface area (Å²) in [6.07, 6.45) is 2.34. The van der Waals surface area contributed by atoms with E-state index in [1.165, 1.54) is 6.20 Å². The molecule has 0 spiro atoms. The van der Waals surface area contributed by atoms with Crippen molar-refractivity contribution < 1.29 is 0 Å².